The minimum absolute atomic E-state index is 0.170. The summed E-state index contributed by atoms with van der Waals surface area (Å²) in [5, 5.41) is 6.50. The van der Waals surface area contributed by atoms with Gasteiger partial charge in [0.15, 0.2) is 0 Å². The third kappa shape index (κ3) is 6.78. The van der Waals surface area contributed by atoms with Crippen molar-refractivity contribution in [2.45, 2.75) is 57.7 Å². The number of carbonyl (C=O) groups excluding carboxylic acids is 1. The standard InChI is InChI=1S/C14H29N3O2/c1-14(2,3)19-13(18)16-12-7-6-9-15-11(12)8-10-17(4)5/h11-12,15H,6-10H2,1-5H3,(H,16,18)/t11-,12+/m0/s1. The molecule has 0 aromatic carbocycles. The zero-order valence-corrected chi connectivity index (χ0v) is 13.0. The van der Waals surface area contributed by atoms with E-state index >= 15 is 0 Å². The van der Waals surface area contributed by atoms with Gasteiger partial charge in [0, 0.05) is 12.1 Å². The number of rotatable bonds is 4. The van der Waals surface area contributed by atoms with Crippen LogP contribution in [-0.2, 0) is 4.74 Å². The van der Waals surface area contributed by atoms with Gasteiger partial charge in [0.25, 0.3) is 0 Å². The van der Waals surface area contributed by atoms with Crippen molar-refractivity contribution in [3.63, 3.8) is 0 Å². The number of alkyl carbamates (subject to hydrolysis) is 1. The lowest BCUT2D eigenvalue weighted by Crippen LogP contribution is -2.54. The molecule has 1 saturated heterocycles. The number of hydrogen-bond acceptors (Lipinski definition) is 4. The summed E-state index contributed by atoms with van der Waals surface area (Å²) in [6.07, 6.45) is 2.84. The Kier molecular flexibility index (Phi) is 6.07. The molecule has 1 rings (SSSR count). The van der Waals surface area contributed by atoms with Crippen molar-refractivity contribution in [1.82, 2.24) is 15.5 Å². The smallest absolute Gasteiger partial charge is 0.407 e. The molecule has 112 valence electrons. The van der Waals surface area contributed by atoms with E-state index in [-0.39, 0.29) is 12.1 Å². The second-order valence-corrected chi connectivity index (χ2v) is 6.55. The predicted octanol–water partition coefficient (Wildman–Crippen LogP) is 1.58. The van der Waals surface area contributed by atoms with Crippen LogP contribution in [0.1, 0.15) is 40.0 Å². The third-order valence-corrected chi connectivity index (χ3v) is 3.17. The Morgan fingerprint density at radius 2 is 2.11 bits per heavy atom. The van der Waals surface area contributed by atoms with Gasteiger partial charge in [-0.1, -0.05) is 0 Å². The number of piperidine rings is 1. The maximum absolute atomic E-state index is 11.8. The Bertz CT molecular complexity index is 287. The van der Waals surface area contributed by atoms with Crippen molar-refractivity contribution in [1.29, 1.82) is 0 Å². The highest BCUT2D eigenvalue weighted by Gasteiger charge is 2.27. The minimum Gasteiger partial charge on any atom is -0.444 e. The van der Waals surface area contributed by atoms with Crippen LogP contribution in [0.15, 0.2) is 0 Å². The lowest BCUT2D eigenvalue weighted by molar-refractivity contribution is 0.0479. The molecule has 0 saturated carbocycles. The van der Waals surface area contributed by atoms with E-state index in [0.29, 0.717) is 6.04 Å². The van der Waals surface area contributed by atoms with Gasteiger partial charge in [-0.05, 0) is 67.2 Å². The highest BCUT2D eigenvalue weighted by Crippen LogP contribution is 2.14. The molecule has 1 aliphatic heterocycles. The average Bonchev–Trinajstić information content (AvgIpc) is 2.25. The number of nitrogens with zero attached hydrogens (tertiary/aromatic N) is 1. The summed E-state index contributed by atoms with van der Waals surface area (Å²) in [6, 6.07) is 0.507. The first-order valence-electron chi connectivity index (χ1n) is 7.15. The highest BCUT2D eigenvalue weighted by molar-refractivity contribution is 5.68. The first-order chi connectivity index (χ1) is 8.78. The van der Waals surface area contributed by atoms with Crippen LogP contribution < -0.4 is 10.6 Å². The first-order valence-corrected chi connectivity index (χ1v) is 7.15. The molecule has 5 nitrogen and oxygen atoms in total. The second kappa shape index (κ2) is 7.10. The van der Waals surface area contributed by atoms with E-state index in [1.807, 2.05) is 20.8 Å². The predicted molar refractivity (Wildman–Crippen MR) is 77.4 cm³/mol. The molecule has 2 N–H and O–H groups in total. The molecule has 19 heavy (non-hydrogen) atoms. The van der Waals surface area contributed by atoms with Crippen molar-refractivity contribution in [3.05, 3.63) is 0 Å². The molecule has 0 unspecified atom stereocenters. The largest absolute Gasteiger partial charge is 0.444 e. The Hall–Kier alpha value is -0.810. The number of hydrogen-bond donors (Lipinski definition) is 2. The monoisotopic (exact) mass is 271 g/mol. The molecule has 1 amide bonds. The van der Waals surface area contributed by atoms with E-state index in [9.17, 15) is 4.79 Å². The SMILES string of the molecule is CN(C)CC[C@@H]1NCCC[C@H]1NC(=O)OC(C)(C)C. The van der Waals surface area contributed by atoms with Crippen molar-refractivity contribution in [2.24, 2.45) is 0 Å². The van der Waals surface area contributed by atoms with Crippen molar-refractivity contribution in [2.75, 3.05) is 27.2 Å². The van der Waals surface area contributed by atoms with Crippen LogP contribution in [0.5, 0.6) is 0 Å². The van der Waals surface area contributed by atoms with Crippen LogP contribution in [-0.4, -0.2) is 55.9 Å². The first kappa shape index (κ1) is 16.2. The average molecular weight is 271 g/mol. The fourth-order valence-electron chi connectivity index (χ4n) is 2.29. The molecular formula is C14H29N3O2. The van der Waals surface area contributed by atoms with E-state index in [2.05, 4.69) is 29.6 Å². The maximum Gasteiger partial charge on any atom is 0.407 e. The summed E-state index contributed by atoms with van der Waals surface area (Å²) in [5.41, 5.74) is -0.439. The molecule has 0 radical (unpaired) electrons. The van der Waals surface area contributed by atoms with Crippen LogP contribution in [0.25, 0.3) is 0 Å². The summed E-state index contributed by atoms with van der Waals surface area (Å²) in [7, 11) is 4.14. The summed E-state index contributed by atoms with van der Waals surface area (Å²) < 4.78 is 5.33. The molecule has 1 fully saturated rings. The van der Waals surface area contributed by atoms with E-state index in [4.69, 9.17) is 4.74 Å². The summed E-state index contributed by atoms with van der Waals surface area (Å²) in [6.45, 7) is 7.70. The fourth-order valence-corrected chi connectivity index (χ4v) is 2.29. The molecule has 0 aliphatic carbocycles. The molecule has 1 aliphatic rings. The third-order valence-electron chi connectivity index (χ3n) is 3.17. The molecule has 0 bridgehead atoms. The Balaban J connectivity index is 2.45. The molecule has 1 heterocycles. The molecular weight excluding hydrogens is 242 g/mol. The quantitative estimate of drug-likeness (QED) is 0.815. The van der Waals surface area contributed by atoms with E-state index in [0.717, 1.165) is 32.4 Å². The number of carbonyl (C=O) groups is 1. The minimum atomic E-state index is -0.439. The molecule has 0 spiro atoms. The number of nitrogens with one attached hydrogen (secondary N) is 2. The van der Waals surface area contributed by atoms with Crippen molar-refractivity contribution in [3.8, 4) is 0 Å². The molecule has 5 heteroatoms. The topological polar surface area (TPSA) is 53.6 Å². The van der Waals surface area contributed by atoms with Gasteiger partial charge >= 0.3 is 6.09 Å². The van der Waals surface area contributed by atoms with Crippen LogP contribution in [0.2, 0.25) is 0 Å². The van der Waals surface area contributed by atoms with E-state index < -0.39 is 5.60 Å². The van der Waals surface area contributed by atoms with Crippen molar-refractivity contribution >= 4 is 6.09 Å². The van der Waals surface area contributed by atoms with Crippen LogP contribution in [0.3, 0.4) is 0 Å². The molecule has 2 atom stereocenters. The van der Waals surface area contributed by atoms with Gasteiger partial charge in [-0.3, -0.25) is 0 Å². The fraction of sp³-hybridized carbons (Fsp3) is 0.929. The lowest BCUT2D eigenvalue weighted by Gasteiger charge is -2.34. The zero-order chi connectivity index (χ0) is 14.5. The molecule has 0 aromatic rings. The van der Waals surface area contributed by atoms with Crippen LogP contribution in [0, 0.1) is 0 Å². The lowest BCUT2D eigenvalue weighted by atomic mass is 9.96. The maximum atomic E-state index is 11.8. The number of ether oxygens (including phenoxy) is 1. The summed E-state index contributed by atoms with van der Waals surface area (Å²) in [5.74, 6) is 0. The van der Waals surface area contributed by atoms with E-state index in [1.165, 1.54) is 0 Å². The van der Waals surface area contributed by atoms with Gasteiger partial charge < -0.3 is 20.3 Å². The van der Waals surface area contributed by atoms with Gasteiger partial charge in [0.1, 0.15) is 5.60 Å². The van der Waals surface area contributed by atoms with Gasteiger partial charge in [0.05, 0.1) is 0 Å². The Labute approximate surface area is 117 Å². The highest BCUT2D eigenvalue weighted by atomic mass is 16.6. The zero-order valence-electron chi connectivity index (χ0n) is 13.0. The van der Waals surface area contributed by atoms with Gasteiger partial charge in [-0.2, -0.15) is 0 Å². The van der Waals surface area contributed by atoms with Crippen molar-refractivity contribution < 1.29 is 9.53 Å². The second-order valence-electron chi connectivity index (χ2n) is 6.55. The molecule has 0 aromatic heterocycles. The van der Waals surface area contributed by atoms with E-state index in [1.54, 1.807) is 0 Å². The number of amides is 1. The van der Waals surface area contributed by atoms with Gasteiger partial charge in [-0.15, -0.1) is 0 Å². The van der Waals surface area contributed by atoms with Crippen LogP contribution >= 0.6 is 0 Å². The van der Waals surface area contributed by atoms with Crippen LogP contribution in [0.4, 0.5) is 4.79 Å². The Morgan fingerprint density at radius 3 is 2.68 bits per heavy atom. The Morgan fingerprint density at radius 1 is 1.42 bits per heavy atom. The summed E-state index contributed by atoms with van der Waals surface area (Å²) in [4.78, 5) is 14.0. The van der Waals surface area contributed by atoms with Gasteiger partial charge in [0.2, 0.25) is 0 Å². The normalized spacial score (nSPS) is 24.3. The van der Waals surface area contributed by atoms with Gasteiger partial charge in [-0.25, -0.2) is 4.79 Å². The summed E-state index contributed by atoms with van der Waals surface area (Å²) >= 11 is 0.